The van der Waals surface area contributed by atoms with Crippen LogP contribution in [-0.2, 0) is 22.6 Å². The molecule has 168 valence electrons. The third kappa shape index (κ3) is 4.03. The Morgan fingerprint density at radius 3 is 2.56 bits per heavy atom. The Balaban J connectivity index is 1.24. The number of carbonyl (C=O) groups excluding carboxylic acids is 2. The number of hydrogen-bond donors (Lipinski definition) is 4. The standard InChI is InChI=1S/C25H31N5O2/c1-2-16-8-10-17(11-9-16)15-26-24(31)19-12-13-20-21(14-19)30-23(27-25(20)32)22(28-29-30)18-6-4-3-5-7-18/h3-11,19-23,28-29H,2,12-15H2,1H3,(H,26,31)(H,27,32). The highest BCUT2D eigenvalue weighted by atomic mass is 16.2. The summed E-state index contributed by atoms with van der Waals surface area (Å²) in [5.74, 6) is -0.00845. The Morgan fingerprint density at radius 2 is 1.81 bits per heavy atom. The van der Waals surface area contributed by atoms with Crippen molar-refractivity contribution in [3.05, 3.63) is 71.3 Å². The minimum Gasteiger partial charge on any atom is -0.352 e. The maximum Gasteiger partial charge on any atom is 0.226 e. The zero-order chi connectivity index (χ0) is 22.1. The first-order valence-electron chi connectivity index (χ1n) is 11.6. The molecule has 2 amide bonds. The molecule has 2 heterocycles. The number of carbonyl (C=O) groups is 2. The van der Waals surface area contributed by atoms with Gasteiger partial charge in [-0.3, -0.25) is 9.59 Å². The fourth-order valence-electron chi connectivity index (χ4n) is 5.30. The van der Waals surface area contributed by atoms with Gasteiger partial charge in [-0.05, 0) is 42.4 Å². The van der Waals surface area contributed by atoms with Crippen LogP contribution in [0, 0.1) is 11.8 Å². The number of benzene rings is 2. The van der Waals surface area contributed by atoms with Crippen LogP contribution < -0.4 is 21.6 Å². The van der Waals surface area contributed by atoms with Gasteiger partial charge in [-0.2, -0.15) is 5.53 Å². The van der Waals surface area contributed by atoms with Crippen molar-refractivity contribution >= 4 is 11.8 Å². The highest BCUT2D eigenvalue weighted by molar-refractivity contribution is 5.83. The minimum atomic E-state index is -0.176. The van der Waals surface area contributed by atoms with Gasteiger partial charge in [0.2, 0.25) is 11.8 Å². The van der Waals surface area contributed by atoms with Gasteiger partial charge < -0.3 is 10.6 Å². The Labute approximate surface area is 188 Å². The van der Waals surface area contributed by atoms with Gasteiger partial charge in [0.1, 0.15) is 6.17 Å². The van der Waals surface area contributed by atoms with E-state index in [4.69, 9.17) is 0 Å². The lowest BCUT2D eigenvalue weighted by molar-refractivity contribution is -0.143. The van der Waals surface area contributed by atoms with Gasteiger partial charge in [-0.25, -0.2) is 10.4 Å². The minimum absolute atomic E-state index is 0.0108. The van der Waals surface area contributed by atoms with Gasteiger partial charge in [0, 0.05) is 18.5 Å². The van der Waals surface area contributed by atoms with Crippen molar-refractivity contribution in [1.29, 1.82) is 0 Å². The molecule has 2 saturated heterocycles. The number of hydrazine groups is 2. The topological polar surface area (TPSA) is 85.5 Å². The molecule has 0 bridgehead atoms. The molecule has 5 atom stereocenters. The average molecular weight is 434 g/mol. The molecule has 4 N–H and O–H groups in total. The third-order valence-electron chi connectivity index (χ3n) is 7.19. The van der Waals surface area contributed by atoms with E-state index in [1.54, 1.807) is 0 Å². The monoisotopic (exact) mass is 433 g/mol. The van der Waals surface area contributed by atoms with Gasteiger partial charge in [-0.15, -0.1) is 0 Å². The lowest BCUT2D eigenvalue weighted by Gasteiger charge is -2.46. The molecule has 1 aliphatic carbocycles. The molecule has 0 radical (unpaired) electrons. The van der Waals surface area contributed by atoms with E-state index in [0.717, 1.165) is 30.4 Å². The van der Waals surface area contributed by atoms with Crippen molar-refractivity contribution < 1.29 is 9.59 Å². The molecule has 1 saturated carbocycles. The quantitative estimate of drug-likeness (QED) is 0.581. The van der Waals surface area contributed by atoms with Crippen LogP contribution in [0.25, 0.3) is 0 Å². The normalized spacial score (nSPS) is 29.7. The number of rotatable bonds is 5. The summed E-state index contributed by atoms with van der Waals surface area (Å²) in [6, 6.07) is 18.5. The fourth-order valence-corrected chi connectivity index (χ4v) is 5.30. The van der Waals surface area contributed by atoms with E-state index in [-0.39, 0.29) is 41.9 Å². The predicted octanol–water partition coefficient (Wildman–Crippen LogP) is 2.17. The molecule has 3 aliphatic rings. The Kier molecular flexibility index (Phi) is 5.95. The summed E-state index contributed by atoms with van der Waals surface area (Å²) in [5, 5.41) is 8.42. The van der Waals surface area contributed by atoms with Crippen LogP contribution >= 0.6 is 0 Å². The van der Waals surface area contributed by atoms with E-state index in [1.165, 1.54) is 5.56 Å². The molecule has 32 heavy (non-hydrogen) atoms. The summed E-state index contributed by atoms with van der Waals surface area (Å²) in [4.78, 5) is 25.9. The second-order valence-corrected chi connectivity index (χ2v) is 9.08. The molecular weight excluding hydrogens is 402 g/mol. The zero-order valence-electron chi connectivity index (χ0n) is 18.4. The van der Waals surface area contributed by atoms with Crippen molar-refractivity contribution in [2.45, 2.75) is 57.4 Å². The SMILES string of the molecule is CCc1ccc(CNC(=O)C2CCC3C(=O)NC4C(c5ccccc5)NNN4C3C2)cc1. The molecule has 5 rings (SSSR count). The first kappa shape index (κ1) is 21.1. The van der Waals surface area contributed by atoms with E-state index in [2.05, 4.69) is 69.9 Å². The summed E-state index contributed by atoms with van der Waals surface area (Å²) in [5.41, 5.74) is 10.1. The fraction of sp³-hybridized carbons (Fsp3) is 0.440. The smallest absolute Gasteiger partial charge is 0.226 e. The van der Waals surface area contributed by atoms with Crippen molar-refractivity contribution in [2.75, 3.05) is 0 Å². The van der Waals surface area contributed by atoms with Gasteiger partial charge in [-0.1, -0.05) is 61.5 Å². The molecule has 0 spiro atoms. The molecular formula is C25H31N5O2. The second kappa shape index (κ2) is 9.02. The molecule has 7 nitrogen and oxygen atoms in total. The van der Waals surface area contributed by atoms with Crippen LogP contribution in [0.4, 0.5) is 0 Å². The number of aryl methyl sites for hydroxylation is 1. The van der Waals surface area contributed by atoms with Crippen LogP contribution in [0.15, 0.2) is 54.6 Å². The van der Waals surface area contributed by atoms with Crippen LogP contribution in [0.3, 0.4) is 0 Å². The highest BCUT2D eigenvalue weighted by Crippen LogP contribution is 2.38. The zero-order valence-corrected chi connectivity index (χ0v) is 18.4. The summed E-state index contributed by atoms with van der Waals surface area (Å²) in [7, 11) is 0. The third-order valence-corrected chi connectivity index (χ3v) is 7.19. The van der Waals surface area contributed by atoms with Crippen molar-refractivity contribution in [3.63, 3.8) is 0 Å². The van der Waals surface area contributed by atoms with E-state index >= 15 is 0 Å². The number of nitrogens with one attached hydrogen (secondary N) is 4. The molecule has 2 aromatic carbocycles. The van der Waals surface area contributed by atoms with Crippen LogP contribution in [0.2, 0.25) is 0 Å². The van der Waals surface area contributed by atoms with E-state index in [9.17, 15) is 9.59 Å². The van der Waals surface area contributed by atoms with Crippen LogP contribution in [0.1, 0.15) is 48.9 Å². The van der Waals surface area contributed by atoms with Crippen LogP contribution in [0.5, 0.6) is 0 Å². The molecule has 2 aliphatic heterocycles. The number of hydrogen-bond acceptors (Lipinski definition) is 5. The van der Waals surface area contributed by atoms with E-state index in [0.29, 0.717) is 13.0 Å². The highest BCUT2D eigenvalue weighted by Gasteiger charge is 2.51. The maximum absolute atomic E-state index is 13.0. The summed E-state index contributed by atoms with van der Waals surface area (Å²) < 4.78 is 0. The first-order valence-corrected chi connectivity index (χ1v) is 11.6. The molecule has 2 aromatic rings. The maximum atomic E-state index is 13.0. The lowest BCUT2D eigenvalue weighted by Crippen LogP contribution is -2.65. The Hall–Kier alpha value is -2.74. The first-order chi connectivity index (χ1) is 15.6. The van der Waals surface area contributed by atoms with Gasteiger partial charge in [0.15, 0.2) is 0 Å². The Morgan fingerprint density at radius 1 is 1.06 bits per heavy atom. The summed E-state index contributed by atoms with van der Waals surface area (Å²) in [6.45, 7) is 2.67. The van der Waals surface area contributed by atoms with Crippen molar-refractivity contribution in [3.8, 4) is 0 Å². The lowest BCUT2D eigenvalue weighted by atomic mass is 9.75. The number of fused-ring (bicyclic) bond motifs is 3. The summed E-state index contributed by atoms with van der Waals surface area (Å²) >= 11 is 0. The molecule has 5 unspecified atom stereocenters. The van der Waals surface area contributed by atoms with Crippen molar-refractivity contribution in [1.82, 2.24) is 26.6 Å². The molecule has 0 aromatic heterocycles. The number of amides is 2. The van der Waals surface area contributed by atoms with Gasteiger partial charge >= 0.3 is 0 Å². The van der Waals surface area contributed by atoms with E-state index in [1.807, 2.05) is 18.2 Å². The second-order valence-electron chi connectivity index (χ2n) is 9.08. The largest absolute Gasteiger partial charge is 0.352 e. The Bertz CT molecular complexity index is 964. The van der Waals surface area contributed by atoms with Crippen LogP contribution in [-0.4, -0.2) is 29.0 Å². The van der Waals surface area contributed by atoms with Gasteiger partial charge in [0.25, 0.3) is 0 Å². The van der Waals surface area contributed by atoms with Crippen molar-refractivity contribution in [2.24, 2.45) is 11.8 Å². The average Bonchev–Trinajstić information content (AvgIpc) is 3.27. The summed E-state index contributed by atoms with van der Waals surface area (Å²) in [6.07, 6.45) is 2.97. The molecule has 7 heteroatoms. The number of nitrogens with zero attached hydrogens (tertiary/aromatic N) is 1. The van der Waals surface area contributed by atoms with Gasteiger partial charge in [0.05, 0.1) is 12.0 Å². The molecule has 3 fully saturated rings. The predicted molar refractivity (Wildman–Crippen MR) is 122 cm³/mol. The van der Waals surface area contributed by atoms with E-state index < -0.39 is 0 Å².